The number of nitrogens with one attached hydrogen (secondary N) is 1. The van der Waals surface area contributed by atoms with E-state index in [1.54, 1.807) is 7.11 Å². The molecule has 0 amide bonds. The summed E-state index contributed by atoms with van der Waals surface area (Å²) in [6, 6.07) is 0.588. The van der Waals surface area contributed by atoms with Crippen LogP contribution in [0.15, 0.2) is 0 Å². The van der Waals surface area contributed by atoms with E-state index in [-0.39, 0.29) is 0 Å². The van der Waals surface area contributed by atoms with Crippen molar-refractivity contribution in [2.75, 3.05) is 39.9 Å². The van der Waals surface area contributed by atoms with E-state index in [4.69, 9.17) is 4.74 Å². The second-order valence-electron chi connectivity index (χ2n) is 4.79. The molecule has 0 spiro atoms. The summed E-state index contributed by atoms with van der Waals surface area (Å²) in [7, 11) is 1.80. The van der Waals surface area contributed by atoms with Gasteiger partial charge in [-0.25, -0.2) is 0 Å². The number of methoxy groups -OCH3 is 1. The molecule has 0 heterocycles. The molecule has 3 nitrogen and oxygen atoms in total. The maximum Gasteiger partial charge on any atom is 0.0618 e. The number of likely N-dealkylation sites (N-methyl/N-ethyl adjacent to an activating group) is 1. The molecule has 96 valence electrons. The van der Waals surface area contributed by atoms with Gasteiger partial charge in [-0.1, -0.05) is 13.8 Å². The first-order chi connectivity index (χ1) is 7.81. The average Bonchev–Trinajstić information content (AvgIpc) is 3.10. The van der Waals surface area contributed by atoms with Gasteiger partial charge < -0.3 is 15.0 Å². The molecule has 1 atom stereocenters. The molecule has 0 bridgehead atoms. The van der Waals surface area contributed by atoms with Gasteiger partial charge in [-0.2, -0.15) is 0 Å². The molecule has 1 saturated carbocycles. The van der Waals surface area contributed by atoms with Crippen LogP contribution in [0.25, 0.3) is 0 Å². The van der Waals surface area contributed by atoms with Crippen molar-refractivity contribution in [1.29, 1.82) is 0 Å². The van der Waals surface area contributed by atoms with Crippen molar-refractivity contribution in [3.05, 3.63) is 0 Å². The summed E-state index contributed by atoms with van der Waals surface area (Å²) < 4.78 is 5.26. The normalized spacial score (nSPS) is 18.0. The standard InChI is InChI=1S/C13H28N2O/c1-4-9-15(5-2)10-8-14-13(11-16-3)12-6-7-12/h12-14H,4-11H2,1-3H3. The monoisotopic (exact) mass is 228 g/mol. The Bertz CT molecular complexity index is 171. The van der Waals surface area contributed by atoms with Gasteiger partial charge in [-0.05, 0) is 38.3 Å². The molecule has 1 aliphatic carbocycles. The largest absolute Gasteiger partial charge is 0.383 e. The van der Waals surface area contributed by atoms with E-state index in [1.807, 2.05) is 0 Å². The van der Waals surface area contributed by atoms with Gasteiger partial charge in [0.15, 0.2) is 0 Å². The van der Waals surface area contributed by atoms with Crippen LogP contribution in [0.3, 0.4) is 0 Å². The summed E-state index contributed by atoms with van der Waals surface area (Å²) in [4.78, 5) is 2.50. The Hall–Kier alpha value is -0.120. The predicted molar refractivity (Wildman–Crippen MR) is 68.8 cm³/mol. The fourth-order valence-corrected chi connectivity index (χ4v) is 2.19. The Morgan fingerprint density at radius 3 is 2.56 bits per heavy atom. The van der Waals surface area contributed by atoms with E-state index < -0.39 is 0 Å². The number of hydrogen-bond acceptors (Lipinski definition) is 3. The third-order valence-corrected chi connectivity index (χ3v) is 3.36. The Kier molecular flexibility index (Phi) is 7.01. The minimum Gasteiger partial charge on any atom is -0.383 e. The smallest absolute Gasteiger partial charge is 0.0618 e. The number of nitrogens with zero attached hydrogens (tertiary/aromatic N) is 1. The van der Waals surface area contributed by atoms with Crippen LogP contribution in [-0.4, -0.2) is 50.8 Å². The molecule has 1 aliphatic rings. The molecule has 0 aromatic heterocycles. The van der Waals surface area contributed by atoms with Gasteiger partial charge in [0.1, 0.15) is 0 Å². The molecule has 0 aromatic carbocycles. The molecule has 0 aliphatic heterocycles. The molecule has 0 radical (unpaired) electrons. The predicted octanol–water partition coefficient (Wildman–Crippen LogP) is 1.73. The lowest BCUT2D eigenvalue weighted by molar-refractivity contribution is 0.154. The molecule has 1 unspecified atom stereocenters. The number of ether oxygens (including phenoxy) is 1. The maximum absolute atomic E-state index is 5.26. The van der Waals surface area contributed by atoms with Gasteiger partial charge in [-0.15, -0.1) is 0 Å². The first-order valence-corrected chi connectivity index (χ1v) is 6.76. The van der Waals surface area contributed by atoms with Crippen molar-refractivity contribution < 1.29 is 4.74 Å². The van der Waals surface area contributed by atoms with Gasteiger partial charge in [0.2, 0.25) is 0 Å². The fraction of sp³-hybridized carbons (Fsp3) is 1.00. The number of rotatable bonds is 10. The average molecular weight is 228 g/mol. The zero-order valence-electron chi connectivity index (χ0n) is 11.2. The zero-order chi connectivity index (χ0) is 11.8. The summed E-state index contributed by atoms with van der Waals surface area (Å²) in [6.45, 7) is 9.99. The van der Waals surface area contributed by atoms with E-state index in [0.717, 1.165) is 32.2 Å². The van der Waals surface area contributed by atoms with Crippen molar-refractivity contribution in [3.8, 4) is 0 Å². The van der Waals surface area contributed by atoms with E-state index in [2.05, 4.69) is 24.1 Å². The van der Waals surface area contributed by atoms with E-state index >= 15 is 0 Å². The molecular weight excluding hydrogens is 200 g/mol. The zero-order valence-corrected chi connectivity index (χ0v) is 11.2. The first-order valence-electron chi connectivity index (χ1n) is 6.76. The van der Waals surface area contributed by atoms with Crippen LogP contribution >= 0.6 is 0 Å². The molecule has 1 rings (SSSR count). The Morgan fingerprint density at radius 1 is 1.31 bits per heavy atom. The highest BCUT2D eigenvalue weighted by Crippen LogP contribution is 2.32. The van der Waals surface area contributed by atoms with Gasteiger partial charge in [0, 0.05) is 26.2 Å². The minimum atomic E-state index is 0.588. The molecule has 3 heteroatoms. The van der Waals surface area contributed by atoms with Crippen molar-refractivity contribution >= 4 is 0 Å². The van der Waals surface area contributed by atoms with Crippen molar-refractivity contribution in [3.63, 3.8) is 0 Å². The third kappa shape index (κ3) is 5.28. The minimum absolute atomic E-state index is 0.588. The Morgan fingerprint density at radius 2 is 2.06 bits per heavy atom. The van der Waals surface area contributed by atoms with Gasteiger partial charge in [-0.3, -0.25) is 0 Å². The van der Waals surface area contributed by atoms with E-state index in [9.17, 15) is 0 Å². The van der Waals surface area contributed by atoms with E-state index in [0.29, 0.717) is 6.04 Å². The number of hydrogen-bond donors (Lipinski definition) is 1. The topological polar surface area (TPSA) is 24.5 Å². The highest BCUT2D eigenvalue weighted by atomic mass is 16.5. The summed E-state index contributed by atoms with van der Waals surface area (Å²) in [5, 5.41) is 3.64. The molecular formula is C13H28N2O. The van der Waals surface area contributed by atoms with Crippen LogP contribution in [0.4, 0.5) is 0 Å². The van der Waals surface area contributed by atoms with Crippen LogP contribution in [0.1, 0.15) is 33.1 Å². The lowest BCUT2D eigenvalue weighted by Gasteiger charge is -2.22. The maximum atomic E-state index is 5.26. The van der Waals surface area contributed by atoms with Crippen molar-refractivity contribution in [1.82, 2.24) is 10.2 Å². The third-order valence-electron chi connectivity index (χ3n) is 3.36. The van der Waals surface area contributed by atoms with E-state index in [1.165, 1.54) is 25.8 Å². The summed E-state index contributed by atoms with van der Waals surface area (Å²) in [6.07, 6.45) is 4.01. The summed E-state index contributed by atoms with van der Waals surface area (Å²) in [5.41, 5.74) is 0. The SMILES string of the molecule is CCCN(CC)CCNC(COC)C1CC1. The Balaban J connectivity index is 2.11. The van der Waals surface area contributed by atoms with Crippen molar-refractivity contribution in [2.24, 2.45) is 5.92 Å². The van der Waals surface area contributed by atoms with Gasteiger partial charge in [0.05, 0.1) is 6.61 Å². The van der Waals surface area contributed by atoms with Crippen LogP contribution in [0, 0.1) is 5.92 Å². The van der Waals surface area contributed by atoms with Crippen LogP contribution < -0.4 is 5.32 Å². The second-order valence-corrected chi connectivity index (χ2v) is 4.79. The second kappa shape index (κ2) is 8.04. The molecule has 0 aromatic rings. The molecule has 16 heavy (non-hydrogen) atoms. The highest BCUT2D eigenvalue weighted by molar-refractivity contribution is 4.86. The summed E-state index contributed by atoms with van der Waals surface area (Å²) >= 11 is 0. The fourth-order valence-electron chi connectivity index (χ4n) is 2.19. The molecule has 1 N–H and O–H groups in total. The van der Waals surface area contributed by atoms with Gasteiger partial charge in [0.25, 0.3) is 0 Å². The molecule has 1 fully saturated rings. The lowest BCUT2D eigenvalue weighted by atomic mass is 10.2. The molecule has 0 saturated heterocycles. The Labute approximate surface area is 101 Å². The lowest BCUT2D eigenvalue weighted by Crippen LogP contribution is -2.40. The van der Waals surface area contributed by atoms with Crippen molar-refractivity contribution in [2.45, 2.75) is 39.2 Å². The first kappa shape index (κ1) is 13.9. The summed E-state index contributed by atoms with van der Waals surface area (Å²) in [5.74, 6) is 0.876. The quantitative estimate of drug-likeness (QED) is 0.616. The van der Waals surface area contributed by atoms with Crippen LogP contribution in [-0.2, 0) is 4.74 Å². The van der Waals surface area contributed by atoms with Crippen LogP contribution in [0.5, 0.6) is 0 Å². The van der Waals surface area contributed by atoms with Crippen LogP contribution in [0.2, 0.25) is 0 Å². The van der Waals surface area contributed by atoms with Gasteiger partial charge >= 0.3 is 0 Å². The highest BCUT2D eigenvalue weighted by Gasteiger charge is 2.30.